The van der Waals surface area contributed by atoms with E-state index in [1.54, 1.807) is 23.9 Å². The molecule has 1 amide bonds. The van der Waals surface area contributed by atoms with Gasteiger partial charge < -0.3 is 10.4 Å². The summed E-state index contributed by atoms with van der Waals surface area (Å²) in [5.74, 6) is 0.818. The van der Waals surface area contributed by atoms with Crippen LogP contribution in [0.25, 0.3) is 0 Å². The summed E-state index contributed by atoms with van der Waals surface area (Å²) in [6.45, 7) is 0. The molecule has 0 saturated carbocycles. The number of benzene rings is 2. The summed E-state index contributed by atoms with van der Waals surface area (Å²) >= 11 is 2.93. The van der Waals surface area contributed by atoms with Crippen molar-refractivity contribution in [2.75, 3.05) is 17.8 Å². The Hall–Kier alpha value is -1.76. The van der Waals surface area contributed by atoms with E-state index in [4.69, 9.17) is 0 Å². The number of hydrogen-bond acceptors (Lipinski definition) is 5. The van der Waals surface area contributed by atoms with Gasteiger partial charge in [-0.25, -0.2) is 0 Å². The molecule has 2 unspecified atom stereocenters. The first-order valence-corrected chi connectivity index (χ1v) is 12.2. The first-order chi connectivity index (χ1) is 14.1. The van der Waals surface area contributed by atoms with Crippen molar-refractivity contribution in [1.29, 1.82) is 0 Å². The molecule has 0 radical (unpaired) electrons. The summed E-state index contributed by atoms with van der Waals surface area (Å²) < 4.78 is 0. The minimum absolute atomic E-state index is 0.0472. The second kappa shape index (κ2) is 13.5. The van der Waals surface area contributed by atoms with E-state index in [2.05, 4.69) is 11.6 Å². The number of unbranched alkanes of at least 4 members (excludes halogenated alkanes) is 1. The van der Waals surface area contributed by atoms with E-state index in [9.17, 15) is 14.7 Å². The summed E-state index contributed by atoms with van der Waals surface area (Å²) in [4.78, 5) is 25.2. The van der Waals surface area contributed by atoms with Crippen LogP contribution < -0.4 is 5.32 Å². The lowest BCUT2D eigenvalue weighted by Gasteiger charge is -2.19. The van der Waals surface area contributed by atoms with Crippen LogP contribution >= 0.6 is 23.5 Å². The van der Waals surface area contributed by atoms with Gasteiger partial charge in [-0.15, -0.1) is 0 Å². The van der Waals surface area contributed by atoms with E-state index in [0.29, 0.717) is 24.2 Å². The number of hydrogen-bond donors (Lipinski definition) is 2. The first-order valence-electron chi connectivity index (χ1n) is 9.83. The van der Waals surface area contributed by atoms with Crippen molar-refractivity contribution in [1.82, 2.24) is 5.32 Å². The van der Waals surface area contributed by atoms with E-state index in [1.165, 1.54) is 0 Å². The number of nitrogens with one attached hydrogen (secondary N) is 1. The molecule has 0 aromatic heterocycles. The Morgan fingerprint density at radius 1 is 1.00 bits per heavy atom. The Morgan fingerprint density at radius 2 is 1.66 bits per heavy atom. The van der Waals surface area contributed by atoms with Crippen LogP contribution in [0, 0.1) is 5.92 Å². The van der Waals surface area contributed by atoms with Gasteiger partial charge in [-0.2, -0.15) is 11.8 Å². The second-order valence-corrected chi connectivity index (χ2v) is 8.84. The molecule has 0 aliphatic rings. The van der Waals surface area contributed by atoms with E-state index >= 15 is 0 Å². The van der Waals surface area contributed by atoms with Crippen LogP contribution in [0.1, 0.15) is 35.2 Å². The van der Waals surface area contributed by atoms with Crippen molar-refractivity contribution in [3.8, 4) is 0 Å². The van der Waals surface area contributed by atoms with E-state index in [-0.39, 0.29) is 11.0 Å². The van der Waals surface area contributed by atoms with Crippen LogP contribution in [-0.4, -0.2) is 40.1 Å². The predicted molar refractivity (Wildman–Crippen MR) is 123 cm³/mol. The molecule has 29 heavy (non-hydrogen) atoms. The second-order valence-electron chi connectivity index (χ2n) is 6.86. The maximum atomic E-state index is 12.8. The summed E-state index contributed by atoms with van der Waals surface area (Å²) in [5, 5.41) is 12.9. The monoisotopic (exact) mass is 431 g/mol. The Morgan fingerprint density at radius 3 is 2.31 bits per heavy atom. The first kappa shape index (κ1) is 23.5. The van der Waals surface area contributed by atoms with Crippen LogP contribution in [0.4, 0.5) is 0 Å². The molecule has 6 heteroatoms. The highest BCUT2D eigenvalue weighted by Gasteiger charge is 2.23. The molecule has 2 aromatic rings. The van der Waals surface area contributed by atoms with Gasteiger partial charge in [-0.05, 0) is 43.3 Å². The van der Waals surface area contributed by atoms with E-state index in [1.807, 2.05) is 48.5 Å². The Labute approximate surface area is 181 Å². The fraction of sp³-hybridized carbons (Fsp3) is 0.391. The molecule has 4 nitrogen and oxygen atoms in total. The Bertz CT molecular complexity index is 740. The van der Waals surface area contributed by atoms with Crippen molar-refractivity contribution in [2.45, 2.75) is 31.9 Å². The molecule has 2 atom stereocenters. The lowest BCUT2D eigenvalue weighted by molar-refractivity contribution is -0.127. The van der Waals surface area contributed by atoms with Gasteiger partial charge in [-0.1, -0.05) is 72.4 Å². The largest absolute Gasteiger partial charge is 0.374 e. The summed E-state index contributed by atoms with van der Waals surface area (Å²) in [5.41, 5.74) is 1.67. The zero-order valence-electron chi connectivity index (χ0n) is 16.8. The van der Waals surface area contributed by atoms with Gasteiger partial charge in [0.05, 0.1) is 5.92 Å². The fourth-order valence-electron chi connectivity index (χ4n) is 2.90. The third-order valence-corrected chi connectivity index (χ3v) is 6.27. The van der Waals surface area contributed by atoms with E-state index in [0.717, 1.165) is 35.9 Å². The van der Waals surface area contributed by atoms with Gasteiger partial charge in [0.15, 0.2) is 0 Å². The lowest BCUT2D eigenvalue weighted by Crippen LogP contribution is -2.40. The normalized spacial score (nSPS) is 12.9. The summed E-state index contributed by atoms with van der Waals surface area (Å²) in [6, 6.07) is 18.8. The molecular weight excluding hydrogens is 402 g/mol. The highest BCUT2D eigenvalue weighted by molar-refractivity contribution is 8.14. The third-order valence-electron chi connectivity index (χ3n) is 4.51. The quantitative estimate of drug-likeness (QED) is 0.385. The molecule has 0 fully saturated rings. The number of aliphatic hydroxyl groups is 1. The van der Waals surface area contributed by atoms with Crippen LogP contribution in [0.5, 0.6) is 0 Å². The van der Waals surface area contributed by atoms with Gasteiger partial charge in [0.1, 0.15) is 6.23 Å². The zero-order chi connectivity index (χ0) is 20.9. The molecule has 0 bridgehead atoms. The number of carbonyl (C=O) groups is 2. The molecule has 156 valence electrons. The number of amides is 1. The number of thioether (sulfide) groups is 2. The summed E-state index contributed by atoms with van der Waals surface area (Å²) in [7, 11) is 0. The fourth-order valence-corrected chi connectivity index (χ4v) is 4.32. The molecule has 0 aliphatic carbocycles. The number of rotatable bonds is 12. The molecule has 2 rings (SSSR count). The standard InChI is InChI=1S/C23H29NO3S2/c1-28-15-9-8-14-21(25)24-22(26)20(16-18-10-4-2-5-11-18)17-29-23(27)19-12-6-3-7-13-19/h2-7,10-13,20-21,25H,8-9,14-17H2,1H3,(H,24,26). The zero-order valence-corrected chi connectivity index (χ0v) is 18.4. The number of carbonyl (C=O) groups excluding carboxylic acids is 2. The highest BCUT2D eigenvalue weighted by Crippen LogP contribution is 2.19. The Balaban J connectivity index is 1.94. The van der Waals surface area contributed by atoms with Crippen molar-refractivity contribution in [2.24, 2.45) is 5.92 Å². The lowest BCUT2D eigenvalue weighted by atomic mass is 10.00. The van der Waals surface area contributed by atoms with Crippen LogP contribution in [0.2, 0.25) is 0 Å². The topological polar surface area (TPSA) is 66.4 Å². The van der Waals surface area contributed by atoms with Gasteiger partial charge in [-0.3, -0.25) is 9.59 Å². The van der Waals surface area contributed by atoms with Gasteiger partial charge >= 0.3 is 0 Å². The van der Waals surface area contributed by atoms with Crippen molar-refractivity contribution >= 4 is 34.5 Å². The predicted octanol–water partition coefficient (Wildman–Crippen LogP) is 4.39. The van der Waals surface area contributed by atoms with Gasteiger partial charge in [0, 0.05) is 11.3 Å². The van der Waals surface area contributed by atoms with Gasteiger partial charge in [0.2, 0.25) is 11.0 Å². The minimum atomic E-state index is -0.850. The third kappa shape index (κ3) is 9.07. The molecule has 2 N–H and O–H groups in total. The molecule has 0 saturated heterocycles. The van der Waals surface area contributed by atoms with E-state index < -0.39 is 12.1 Å². The van der Waals surface area contributed by atoms with Crippen LogP contribution in [-0.2, 0) is 11.2 Å². The maximum Gasteiger partial charge on any atom is 0.226 e. The number of aliphatic hydroxyl groups excluding tert-OH is 1. The summed E-state index contributed by atoms with van der Waals surface area (Å²) in [6.07, 6.45) is 4.16. The molecule has 0 heterocycles. The maximum absolute atomic E-state index is 12.8. The average Bonchev–Trinajstić information content (AvgIpc) is 2.75. The van der Waals surface area contributed by atoms with Crippen molar-refractivity contribution < 1.29 is 14.7 Å². The van der Waals surface area contributed by atoms with Crippen molar-refractivity contribution in [3.05, 3.63) is 71.8 Å². The van der Waals surface area contributed by atoms with Gasteiger partial charge in [0.25, 0.3) is 0 Å². The molecule has 0 aliphatic heterocycles. The Kier molecular flexibility index (Phi) is 10.9. The minimum Gasteiger partial charge on any atom is -0.374 e. The molecule has 2 aromatic carbocycles. The van der Waals surface area contributed by atoms with Crippen LogP contribution in [0.15, 0.2) is 60.7 Å². The SMILES string of the molecule is CSCCCCC(O)NC(=O)C(CSC(=O)c1ccccc1)Cc1ccccc1. The van der Waals surface area contributed by atoms with Crippen molar-refractivity contribution in [3.63, 3.8) is 0 Å². The highest BCUT2D eigenvalue weighted by atomic mass is 32.2. The average molecular weight is 432 g/mol. The molecule has 0 spiro atoms. The molecular formula is C23H29NO3S2. The van der Waals surface area contributed by atoms with Crippen LogP contribution in [0.3, 0.4) is 0 Å². The smallest absolute Gasteiger partial charge is 0.226 e.